The van der Waals surface area contributed by atoms with Crippen molar-refractivity contribution >= 4 is 50.1 Å². The number of fused-ring (bicyclic) bond motifs is 2. The zero-order valence-corrected chi connectivity index (χ0v) is 31.0. The van der Waals surface area contributed by atoms with Gasteiger partial charge in [-0.1, -0.05) is 53.8 Å². The Morgan fingerprint density at radius 2 is 1.74 bits per heavy atom. The molecule has 1 aliphatic rings. The van der Waals surface area contributed by atoms with Crippen molar-refractivity contribution in [1.29, 1.82) is 0 Å². The van der Waals surface area contributed by atoms with Crippen LogP contribution in [0.2, 0.25) is 0 Å². The van der Waals surface area contributed by atoms with Crippen LogP contribution in [0.5, 0.6) is 23.0 Å². The topological polar surface area (TPSA) is 97.6 Å². The van der Waals surface area contributed by atoms with E-state index >= 15 is 0 Å². The fraction of sp³-hybridized carbons (Fsp3) is 0.256. The zero-order chi connectivity index (χ0) is 35.5. The molecule has 9 nitrogen and oxygen atoms in total. The highest BCUT2D eigenvalue weighted by Crippen LogP contribution is 2.38. The quantitative estimate of drug-likeness (QED) is 0.133. The van der Waals surface area contributed by atoms with Crippen molar-refractivity contribution in [3.05, 3.63) is 125 Å². The van der Waals surface area contributed by atoms with Gasteiger partial charge in [-0.25, -0.2) is 9.79 Å². The van der Waals surface area contributed by atoms with Gasteiger partial charge in [0.05, 0.1) is 53.2 Å². The molecular weight excluding hydrogens is 720 g/mol. The van der Waals surface area contributed by atoms with Gasteiger partial charge in [0, 0.05) is 0 Å². The second-order valence-corrected chi connectivity index (χ2v) is 13.7. The molecule has 0 amide bonds. The summed E-state index contributed by atoms with van der Waals surface area (Å²) < 4.78 is 31.6. The predicted molar refractivity (Wildman–Crippen MR) is 198 cm³/mol. The summed E-state index contributed by atoms with van der Waals surface area (Å²) in [5.41, 5.74) is 2.84. The molecule has 4 aromatic carbocycles. The van der Waals surface area contributed by atoms with E-state index in [4.69, 9.17) is 28.7 Å². The number of hydrogen-bond acceptors (Lipinski definition) is 9. The lowest BCUT2D eigenvalue weighted by molar-refractivity contribution is -0.139. The number of aromatic nitrogens is 1. The first kappa shape index (κ1) is 35.0. The third kappa shape index (κ3) is 7.06. The Bertz CT molecular complexity index is 2310. The Morgan fingerprint density at radius 1 is 0.980 bits per heavy atom. The van der Waals surface area contributed by atoms with Crippen molar-refractivity contribution in [2.75, 3.05) is 20.8 Å². The molecule has 0 fully saturated rings. The number of ether oxygens (including phenoxy) is 5. The molecule has 5 aromatic rings. The van der Waals surface area contributed by atoms with Crippen LogP contribution in [0, 0.1) is 0 Å². The van der Waals surface area contributed by atoms with Crippen molar-refractivity contribution in [3.8, 4) is 23.0 Å². The lowest BCUT2D eigenvalue weighted by atomic mass is 9.95. The molecular formula is C39H37BrN2O7S. The Morgan fingerprint density at radius 3 is 2.46 bits per heavy atom. The van der Waals surface area contributed by atoms with Crippen LogP contribution in [0.15, 0.2) is 98.3 Å². The molecule has 0 saturated heterocycles. The van der Waals surface area contributed by atoms with Gasteiger partial charge in [0.15, 0.2) is 27.8 Å². The minimum Gasteiger partial charge on any atom is -0.493 e. The van der Waals surface area contributed by atoms with E-state index in [-0.39, 0.29) is 23.8 Å². The second kappa shape index (κ2) is 14.9. The average Bonchev–Trinajstić information content (AvgIpc) is 3.40. The van der Waals surface area contributed by atoms with Crippen molar-refractivity contribution in [2.45, 2.75) is 46.4 Å². The van der Waals surface area contributed by atoms with Crippen molar-refractivity contribution < 1.29 is 28.5 Å². The summed E-state index contributed by atoms with van der Waals surface area (Å²) in [6.07, 6.45) is 1.71. The summed E-state index contributed by atoms with van der Waals surface area (Å²) in [7, 11) is 3.13. The first-order valence-corrected chi connectivity index (χ1v) is 17.7. The van der Waals surface area contributed by atoms with Gasteiger partial charge in [0.1, 0.15) is 6.61 Å². The van der Waals surface area contributed by atoms with Gasteiger partial charge in [0.2, 0.25) is 0 Å². The maximum atomic E-state index is 14.2. The smallest absolute Gasteiger partial charge is 0.338 e. The van der Waals surface area contributed by atoms with Crippen LogP contribution < -0.4 is 33.8 Å². The molecule has 0 unspecified atom stereocenters. The normalized spacial score (nSPS) is 14.4. The molecule has 0 radical (unpaired) electrons. The standard InChI is InChI=1S/C39H37BrN2O7S/c1-7-47-38(44)34-23(4)41-39-42(35(34)28-14-15-30(49-22(2)3)31(20-28)45-5)37(43)33(50-39)19-25-17-29(40)36(32(18-25)46-6)48-21-24-12-13-26-10-8-9-11-27(26)16-24/h8-20,22,35H,7,21H2,1-6H3/b33-19-/t35-/m1/s1. The van der Waals surface area contributed by atoms with Crippen LogP contribution in [-0.4, -0.2) is 37.5 Å². The Balaban J connectivity index is 1.39. The van der Waals surface area contributed by atoms with E-state index in [1.807, 2.05) is 50.2 Å². The molecule has 1 atom stereocenters. The molecule has 258 valence electrons. The van der Waals surface area contributed by atoms with E-state index in [1.54, 1.807) is 50.8 Å². The van der Waals surface area contributed by atoms with Crippen LogP contribution in [0.25, 0.3) is 16.8 Å². The number of carbonyl (C=O) groups excluding carboxylic acids is 1. The van der Waals surface area contributed by atoms with Crippen LogP contribution in [0.3, 0.4) is 0 Å². The Kier molecular flexibility index (Phi) is 10.4. The number of thiazole rings is 1. The highest BCUT2D eigenvalue weighted by Gasteiger charge is 2.34. The fourth-order valence-corrected chi connectivity index (χ4v) is 7.53. The summed E-state index contributed by atoms with van der Waals surface area (Å²) in [6.45, 7) is 7.87. The molecule has 0 spiro atoms. The van der Waals surface area contributed by atoms with Gasteiger partial charge in [0.25, 0.3) is 5.56 Å². The van der Waals surface area contributed by atoms with E-state index in [0.717, 1.165) is 16.3 Å². The van der Waals surface area contributed by atoms with Crippen LogP contribution in [0.4, 0.5) is 0 Å². The lowest BCUT2D eigenvalue weighted by Gasteiger charge is -2.25. The first-order chi connectivity index (χ1) is 24.1. The molecule has 0 bridgehead atoms. The van der Waals surface area contributed by atoms with E-state index in [0.29, 0.717) is 60.2 Å². The van der Waals surface area contributed by atoms with Crippen molar-refractivity contribution in [1.82, 2.24) is 4.57 Å². The molecule has 1 aliphatic heterocycles. The second-order valence-electron chi connectivity index (χ2n) is 11.9. The van der Waals surface area contributed by atoms with Crippen LogP contribution in [-0.2, 0) is 16.1 Å². The number of allylic oxidation sites excluding steroid dienone is 1. The molecule has 50 heavy (non-hydrogen) atoms. The highest BCUT2D eigenvalue weighted by atomic mass is 79.9. The van der Waals surface area contributed by atoms with E-state index in [9.17, 15) is 9.59 Å². The number of hydrogen-bond donors (Lipinski definition) is 0. The number of nitrogens with zero attached hydrogens (tertiary/aromatic N) is 2. The number of methoxy groups -OCH3 is 2. The molecule has 0 saturated carbocycles. The van der Waals surface area contributed by atoms with Gasteiger partial charge in [-0.2, -0.15) is 0 Å². The maximum absolute atomic E-state index is 14.2. The SMILES string of the molecule is CCOC(=O)C1=C(C)N=c2s/c(=C\c3cc(Br)c(OCc4ccc5ccccc5c4)c(OC)c3)c(=O)n2[C@@H]1c1ccc(OC(C)C)c(OC)c1. The number of rotatable bonds is 11. The lowest BCUT2D eigenvalue weighted by Crippen LogP contribution is -2.40. The van der Waals surface area contributed by atoms with Gasteiger partial charge < -0.3 is 23.7 Å². The Labute approximate surface area is 302 Å². The minimum absolute atomic E-state index is 0.0754. The molecule has 0 N–H and O–H groups in total. The maximum Gasteiger partial charge on any atom is 0.338 e. The summed E-state index contributed by atoms with van der Waals surface area (Å²) in [5, 5.41) is 2.30. The van der Waals surface area contributed by atoms with E-state index < -0.39 is 12.0 Å². The number of halogens is 1. The summed E-state index contributed by atoms with van der Waals surface area (Å²) in [4.78, 5) is 32.8. The fourth-order valence-electron chi connectivity index (χ4n) is 5.91. The third-order valence-corrected chi connectivity index (χ3v) is 9.70. The zero-order valence-electron chi connectivity index (χ0n) is 28.6. The van der Waals surface area contributed by atoms with Crippen LogP contribution in [0.1, 0.15) is 50.4 Å². The molecule has 1 aromatic heterocycles. The number of carbonyl (C=O) groups is 1. The van der Waals surface area contributed by atoms with Gasteiger partial charge in [-0.15, -0.1) is 0 Å². The van der Waals surface area contributed by atoms with Gasteiger partial charge >= 0.3 is 5.97 Å². The van der Waals surface area contributed by atoms with E-state index in [2.05, 4.69) is 40.2 Å². The van der Waals surface area contributed by atoms with Crippen molar-refractivity contribution in [2.24, 2.45) is 4.99 Å². The average molecular weight is 758 g/mol. The van der Waals surface area contributed by atoms with Gasteiger partial charge in [-0.3, -0.25) is 9.36 Å². The first-order valence-electron chi connectivity index (χ1n) is 16.1. The van der Waals surface area contributed by atoms with Crippen molar-refractivity contribution in [3.63, 3.8) is 0 Å². The molecule has 6 rings (SSSR count). The number of esters is 1. The van der Waals surface area contributed by atoms with E-state index in [1.165, 1.54) is 11.3 Å². The largest absolute Gasteiger partial charge is 0.493 e. The van der Waals surface area contributed by atoms with Gasteiger partial charge in [-0.05, 0) is 107 Å². The summed E-state index contributed by atoms with van der Waals surface area (Å²) in [5.74, 6) is 1.56. The third-order valence-electron chi connectivity index (χ3n) is 8.13. The predicted octanol–water partition coefficient (Wildman–Crippen LogP) is 7.10. The number of benzene rings is 4. The summed E-state index contributed by atoms with van der Waals surface area (Å²) >= 11 is 4.90. The molecule has 2 heterocycles. The monoisotopic (exact) mass is 756 g/mol. The van der Waals surface area contributed by atoms with Crippen LogP contribution >= 0.6 is 27.3 Å². The Hall–Kier alpha value is -4.87. The summed E-state index contributed by atoms with van der Waals surface area (Å²) in [6, 6.07) is 22.7. The minimum atomic E-state index is -0.804. The highest BCUT2D eigenvalue weighted by molar-refractivity contribution is 9.10. The molecule has 11 heteroatoms. The molecule has 0 aliphatic carbocycles.